The zero-order chi connectivity index (χ0) is 39.6. The maximum Gasteiger partial charge on any atom is 0.160 e. The van der Waals surface area contributed by atoms with E-state index in [9.17, 15) is 0 Å². The number of rotatable bonds is 6. The molecular formula is C56H36N4. The van der Waals surface area contributed by atoms with Crippen molar-refractivity contribution >= 4 is 54.5 Å². The minimum absolute atomic E-state index is 0.712. The smallest absolute Gasteiger partial charge is 0.160 e. The fourth-order valence-electron chi connectivity index (χ4n) is 9.10. The molecule has 3 aromatic heterocycles. The molecule has 0 saturated heterocycles. The van der Waals surface area contributed by atoms with Gasteiger partial charge in [-0.2, -0.15) is 0 Å². The normalized spacial score (nSPS) is 11.7. The summed E-state index contributed by atoms with van der Waals surface area (Å²) in [4.78, 5) is 10.2. The van der Waals surface area contributed by atoms with Gasteiger partial charge in [-0.25, -0.2) is 9.97 Å². The van der Waals surface area contributed by atoms with Crippen LogP contribution in [-0.4, -0.2) is 19.1 Å². The van der Waals surface area contributed by atoms with Gasteiger partial charge in [0.15, 0.2) is 5.82 Å². The van der Waals surface area contributed by atoms with Crippen molar-refractivity contribution in [3.8, 4) is 56.3 Å². The molecule has 0 amide bonds. The molecule has 280 valence electrons. The van der Waals surface area contributed by atoms with Gasteiger partial charge in [0.2, 0.25) is 0 Å². The van der Waals surface area contributed by atoms with Crippen LogP contribution in [0.25, 0.3) is 111 Å². The lowest BCUT2D eigenvalue weighted by atomic mass is 10.0. The van der Waals surface area contributed by atoms with Gasteiger partial charge in [-0.15, -0.1) is 0 Å². The maximum atomic E-state index is 5.13. The average Bonchev–Trinajstić information content (AvgIpc) is 3.84. The van der Waals surface area contributed by atoms with Gasteiger partial charge in [0.25, 0.3) is 0 Å². The van der Waals surface area contributed by atoms with Gasteiger partial charge in [0.1, 0.15) is 0 Å². The molecule has 0 unspecified atom stereocenters. The number of benzene rings is 9. The SMILES string of the molecule is c1ccc(-c2cccc(-n3c4ccccc4c4cc(-c5ccc6c7ccccc7n(-c7ccc(-c8nc(-c9ccccc9)c9ccccc9n8)cc7)c6c5)ccc43)c2)cc1. The molecule has 0 spiro atoms. The van der Waals surface area contributed by atoms with E-state index in [1.54, 1.807) is 0 Å². The molecule has 0 atom stereocenters. The molecule has 0 fully saturated rings. The van der Waals surface area contributed by atoms with Gasteiger partial charge in [0.05, 0.1) is 33.3 Å². The number of aromatic nitrogens is 4. The van der Waals surface area contributed by atoms with Crippen molar-refractivity contribution in [2.75, 3.05) is 0 Å². The molecule has 0 saturated carbocycles. The lowest BCUT2D eigenvalue weighted by Crippen LogP contribution is -1.97. The van der Waals surface area contributed by atoms with Crippen molar-refractivity contribution in [3.05, 3.63) is 218 Å². The summed E-state index contributed by atoms with van der Waals surface area (Å²) in [6.07, 6.45) is 0. The third-order valence-corrected chi connectivity index (χ3v) is 11.9. The van der Waals surface area contributed by atoms with Gasteiger partial charge in [-0.1, -0.05) is 146 Å². The highest BCUT2D eigenvalue weighted by molar-refractivity contribution is 6.12. The summed E-state index contributed by atoms with van der Waals surface area (Å²) in [6.45, 7) is 0. The van der Waals surface area contributed by atoms with E-state index < -0.39 is 0 Å². The van der Waals surface area contributed by atoms with Crippen molar-refractivity contribution < 1.29 is 0 Å². The van der Waals surface area contributed by atoms with Crippen LogP contribution in [0, 0.1) is 0 Å². The van der Waals surface area contributed by atoms with E-state index in [2.05, 4.69) is 209 Å². The highest BCUT2D eigenvalue weighted by Crippen LogP contribution is 2.39. The third kappa shape index (κ3) is 5.53. The molecular weight excluding hydrogens is 729 g/mol. The van der Waals surface area contributed by atoms with Gasteiger partial charge in [-0.05, 0) is 95.1 Å². The van der Waals surface area contributed by atoms with Gasteiger partial charge >= 0.3 is 0 Å². The average molecular weight is 765 g/mol. The molecule has 60 heavy (non-hydrogen) atoms. The highest BCUT2D eigenvalue weighted by atomic mass is 15.0. The molecule has 4 nitrogen and oxygen atoms in total. The Morgan fingerprint density at radius 2 is 0.800 bits per heavy atom. The second-order valence-electron chi connectivity index (χ2n) is 15.4. The fraction of sp³-hybridized carbons (Fsp3) is 0. The second kappa shape index (κ2) is 13.8. The van der Waals surface area contributed by atoms with Crippen LogP contribution in [0.1, 0.15) is 0 Å². The van der Waals surface area contributed by atoms with Crippen LogP contribution in [-0.2, 0) is 0 Å². The Bertz CT molecular complexity index is 3580. The lowest BCUT2D eigenvalue weighted by molar-refractivity contribution is 1.17. The summed E-state index contributed by atoms with van der Waals surface area (Å²) in [5, 5.41) is 5.96. The lowest BCUT2D eigenvalue weighted by Gasteiger charge is -2.12. The van der Waals surface area contributed by atoms with Crippen molar-refractivity contribution in [2.45, 2.75) is 0 Å². The Hall–Kier alpha value is -8.08. The predicted molar refractivity (Wildman–Crippen MR) is 250 cm³/mol. The zero-order valence-electron chi connectivity index (χ0n) is 32.6. The Labute approximate surface area is 346 Å². The van der Waals surface area contributed by atoms with E-state index in [0.29, 0.717) is 5.82 Å². The van der Waals surface area contributed by atoms with Crippen molar-refractivity contribution in [1.29, 1.82) is 0 Å². The molecule has 0 aliphatic carbocycles. The molecule has 3 heterocycles. The van der Waals surface area contributed by atoms with E-state index >= 15 is 0 Å². The van der Waals surface area contributed by atoms with Crippen LogP contribution in [0.3, 0.4) is 0 Å². The number of para-hydroxylation sites is 3. The van der Waals surface area contributed by atoms with Crippen LogP contribution in [0.5, 0.6) is 0 Å². The Kier molecular flexibility index (Phi) is 7.82. The maximum absolute atomic E-state index is 5.13. The first-order valence-electron chi connectivity index (χ1n) is 20.4. The summed E-state index contributed by atoms with van der Waals surface area (Å²) >= 11 is 0. The van der Waals surface area contributed by atoms with E-state index in [-0.39, 0.29) is 0 Å². The van der Waals surface area contributed by atoms with E-state index in [0.717, 1.165) is 44.6 Å². The molecule has 12 aromatic rings. The first-order chi connectivity index (χ1) is 29.7. The molecule has 0 aliphatic rings. The molecule has 0 radical (unpaired) electrons. The summed E-state index contributed by atoms with van der Waals surface area (Å²) in [5.41, 5.74) is 15.6. The summed E-state index contributed by atoms with van der Waals surface area (Å²) in [5.74, 6) is 0.712. The molecule has 4 heteroatoms. The molecule has 0 bridgehead atoms. The van der Waals surface area contributed by atoms with E-state index in [1.807, 2.05) is 18.2 Å². The van der Waals surface area contributed by atoms with Crippen molar-refractivity contribution in [3.63, 3.8) is 0 Å². The standard InChI is InChI=1S/C56H36N4/c1-3-14-37(15-4-1)40-18-13-19-44(34-40)60-52-25-12-9-21-46(52)49-35-41(29-33-53(49)60)42-28-32-47-45-20-8-11-24-51(45)59(54(47)36-42)43-30-26-39(27-31-43)56-57-50-23-10-7-22-48(50)55(58-56)38-16-5-2-6-17-38/h1-36H. The monoisotopic (exact) mass is 764 g/mol. The van der Waals surface area contributed by atoms with E-state index in [1.165, 1.54) is 60.3 Å². The second-order valence-corrected chi connectivity index (χ2v) is 15.4. The fourth-order valence-corrected chi connectivity index (χ4v) is 9.10. The Morgan fingerprint density at radius 1 is 0.267 bits per heavy atom. The van der Waals surface area contributed by atoms with Crippen LogP contribution < -0.4 is 0 Å². The van der Waals surface area contributed by atoms with Gasteiger partial charge in [0, 0.05) is 49.4 Å². The number of hydrogen-bond donors (Lipinski definition) is 0. The quantitative estimate of drug-likeness (QED) is 0.169. The summed E-state index contributed by atoms with van der Waals surface area (Å²) < 4.78 is 4.79. The third-order valence-electron chi connectivity index (χ3n) is 11.9. The zero-order valence-corrected chi connectivity index (χ0v) is 32.6. The molecule has 0 N–H and O–H groups in total. The van der Waals surface area contributed by atoms with Crippen LogP contribution in [0.2, 0.25) is 0 Å². The first-order valence-corrected chi connectivity index (χ1v) is 20.4. The van der Waals surface area contributed by atoms with Crippen LogP contribution in [0.4, 0.5) is 0 Å². The van der Waals surface area contributed by atoms with Gasteiger partial charge < -0.3 is 9.13 Å². The minimum Gasteiger partial charge on any atom is -0.309 e. The summed E-state index contributed by atoms with van der Waals surface area (Å²) in [7, 11) is 0. The van der Waals surface area contributed by atoms with Crippen molar-refractivity contribution in [2.24, 2.45) is 0 Å². The van der Waals surface area contributed by atoms with Crippen LogP contribution >= 0.6 is 0 Å². The predicted octanol–water partition coefficient (Wildman–Crippen LogP) is 14.5. The Morgan fingerprint density at radius 3 is 1.57 bits per heavy atom. The largest absolute Gasteiger partial charge is 0.309 e. The minimum atomic E-state index is 0.712. The number of fused-ring (bicyclic) bond motifs is 7. The summed E-state index contributed by atoms with van der Waals surface area (Å²) in [6, 6.07) is 78.1. The Balaban J connectivity index is 0.971. The molecule has 0 aliphatic heterocycles. The highest BCUT2D eigenvalue weighted by Gasteiger charge is 2.17. The molecule has 9 aromatic carbocycles. The first kappa shape index (κ1) is 34.0. The number of hydrogen-bond acceptors (Lipinski definition) is 2. The van der Waals surface area contributed by atoms with Crippen LogP contribution in [0.15, 0.2) is 218 Å². The topological polar surface area (TPSA) is 35.6 Å². The number of nitrogens with zero attached hydrogens (tertiary/aromatic N) is 4. The van der Waals surface area contributed by atoms with Crippen molar-refractivity contribution in [1.82, 2.24) is 19.1 Å². The van der Waals surface area contributed by atoms with Gasteiger partial charge in [-0.3, -0.25) is 0 Å². The molecule has 12 rings (SSSR count). The van der Waals surface area contributed by atoms with E-state index in [4.69, 9.17) is 9.97 Å².